The van der Waals surface area contributed by atoms with E-state index in [4.69, 9.17) is 0 Å². The fourth-order valence-electron chi connectivity index (χ4n) is 1.73. The highest BCUT2D eigenvalue weighted by Crippen LogP contribution is 2.24. The van der Waals surface area contributed by atoms with E-state index in [0.717, 1.165) is 6.54 Å². The molecular formula is C11H19NO2. The topological polar surface area (TPSA) is 37.4 Å². The van der Waals surface area contributed by atoms with Crippen LogP contribution < -0.4 is 0 Å². The van der Waals surface area contributed by atoms with E-state index in [-0.39, 0.29) is 11.7 Å². The number of ketones is 1. The Morgan fingerprint density at radius 3 is 2.64 bits per heavy atom. The summed E-state index contributed by atoms with van der Waals surface area (Å²) >= 11 is 0. The second-order valence-corrected chi connectivity index (χ2v) is 4.37. The fourth-order valence-corrected chi connectivity index (χ4v) is 1.73. The Bertz CT molecular complexity index is 235. The molecule has 1 unspecified atom stereocenters. The molecule has 0 bridgehead atoms. The van der Waals surface area contributed by atoms with Crippen molar-refractivity contribution in [2.24, 2.45) is 11.8 Å². The number of amides is 1. The first-order valence-corrected chi connectivity index (χ1v) is 5.34. The smallest absolute Gasteiger partial charge is 0.223 e. The molecule has 80 valence electrons. The third-order valence-corrected chi connectivity index (χ3v) is 2.95. The van der Waals surface area contributed by atoms with E-state index >= 15 is 0 Å². The van der Waals surface area contributed by atoms with Gasteiger partial charge in [0.25, 0.3) is 0 Å². The Balaban J connectivity index is 2.49. The summed E-state index contributed by atoms with van der Waals surface area (Å²) in [4.78, 5) is 24.4. The minimum Gasteiger partial charge on any atom is -0.335 e. The Morgan fingerprint density at radius 2 is 2.21 bits per heavy atom. The molecular weight excluding hydrogens is 178 g/mol. The van der Waals surface area contributed by atoms with Gasteiger partial charge in [-0.2, -0.15) is 0 Å². The zero-order valence-corrected chi connectivity index (χ0v) is 9.25. The van der Waals surface area contributed by atoms with Gasteiger partial charge >= 0.3 is 0 Å². The van der Waals surface area contributed by atoms with Gasteiger partial charge in [0, 0.05) is 19.4 Å². The van der Waals surface area contributed by atoms with Crippen molar-refractivity contribution < 1.29 is 9.59 Å². The summed E-state index contributed by atoms with van der Waals surface area (Å²) in [6.07, 6.45) is 1.14. The van der Waals surface area contributed by atoms with E-state index in [2.05, 4.69) is 13.8 Å². The fraction of sp³-hybridized carbons (Fsp3) is 0.818. The molecule has 0 aromatic carbocycles. The lowest BCUT2D eigenvalue weighted by Gasteiger charge is -2.16. The Labute approximate surface area is 85.5 Å². The molecule has 14 heavy (non-hydrogen) atoms. The van der Waals surface area contributed by atoms with E-state index in [1.807, 2.05) is 6.92 Å². The second-order valence-electron chi connectivity index (χ2n) is 4.37. The number of hydrogen-bond donors (Lipinski definition) is 0. The highest BCUT2D eigenvalue weighted by atomic mass is 16.2. The van der Waals surface area contributed by atoms with E-state index in [1.165, 1.54) is 0 Å². The molecule has 3 nitrogen and oxygen atoms in total. The highest BCUT2D eigenvalue weighted by Gasteiger charge is 2.31. The van der Waals surface area contributed by atoms with Crippen LogP contribution in [0.15, 0.2) is 0 Å². The average Bonchev–Trinajstić information content (AvgIpc) is 2.48. The van der Waals surface area contributed by atoms with Gasteiger partial charge in [0.15, 0.2) is 5.78 Å². The van der Waals surface area contributed by atoms with Crippen LogP contribution in [0, 0.1) is 11.8 Å². The van der Waals surface area contributed by atoms with E-state index in [1.54, 1.807) is 4.90 Å². The molecule has 0 aromatic heterocycles. The quantitative estimate of drug-likeness (QED) is 0.684. The maximum absolute atomic E-state index is 11.5. The van der Waals surface area contributed by atoms with Crippen molar-refractivity contribution in [2.75, 3.05) is 13.1 Å². The lowest BCUT2D eigenvalue weighted by atomic mass is 9.95. The number of nitrogens with zero attached hydrogens (tertiary/aromatic N) is 1. The first-order chi connectivity index (χ1) is 6.54. The number of Topliss-reactive ketones (excluding diaryl/α,β-unsaturated/α-hetero) is 1. The number of carbonyl (C=O) groups excluding carboxylic acids is 2. The Hall–Kier alpha value is -0.860. The van der Waals surface area contributed by atoms with Crippen molar-refractivity contribution in [2.45, 2.75) is 33.6 Å². The van der Waals surface area contributed by atoms with Crippen molar-refractivity contribution in [3.8, 4) is 0 Å². The summed E-state index contributed by atoms with van der Waals surface area (Å²) in [7, 11) is 0. The molecule has 1 atom stereocenters. The van der Waals surface area contributed by atoms with Gasteiger partial charge in [-0.1, -0.05) is 20.8 Å². The number of carbonyl (C=O) groups is 2. The monoisotopic (exact) mass is 197 g/mol. The van der Waals surface area contributed by atoms with Crippen molar-refractivity contribution in [1.29, 1.82) is 0 Å². The van der Waals surface area contributed by atoms with Crippen LogP contribution >= 0.6 is 0 Å². The zero-order chi connectivity index (χ0) is 10.7. The highest BCUT2D eigenvalue weighted by molar-refractivity contribution is 5.87. The Kier molecular flexibility index (Phi) is 3.67. The van der Waals surface area contributed by atoms with Gasteiger partial charge in [-0.15, -0.1) is 0 Å². The zero-order valence-electron chi connectivity index (χ0n) is 9.25. The molecule has 1 amide bonds. The maximum atomic E-state index is 11.5. The molecule has 0 aromatic rings. The van der Waals surface area contributed by atoms with Gasteiger partial charge in [-0.25, -0.2) is 0 Å². The summed E-state index contributed by atoms with van der Waals surface area (Å²) in [6.45, 7) is 7.18. The van der Waals surface area contributed by atoms with Crippen LogP contribution in [-0.4, -0.2) is 29.7 Å². The maximum Gasteiger partial charge on any atom is 0.223 e. The second kappa shape index (κ2) is 4.58. The van der Waals surface area contributed by atoms with Crippen LogP contribution in [0.25, 0.3) is 0 Å². The van der Waals surface area contributed by atoms with Gasteiger partial charge in [-0.05, 0) is 11.8 Å². The molecule has 0 N–H and O–H groups in total. The predicted molar refractivity (Wildman–Crippen MR) is 54.8 cm³/mol. The van der Waals surface area contributed by atoms with Crippen LogP contribution in [-0.2, 0) is 9.59 Å². The number of likely N-dealkylation sites (tertiary alicyclic amines) is 1. The third kappa shape index (κ3) is 2.56. The van der Waals surface area contributed by atoms with E-state index in [9.17, 15) is 9.59 Å². The first-order valence-electron chi connectivity index (χ1n) is 5.34. The van der Waals surface area contributed by atoms with Crippen LogP contribution in [0.3, 0.4) is 0 Å². The molecule has 0 radical (unpaired) electrons. The molecule has 0 spiro atoms. The normalized spacial score (nSPS) is 22.1. The van der Waals surface area contributed by atoms with Crippen LogP contribution in [0.2, 0.25) is 0 Å². The van der Waals surface area contributed by atoms with Crippen LogP contribution in [0.4, 0.5) is 0 Å². The van der Waals surface area contributed by atoms with Crippen molar-refractivity contribution >= 4 is 11.7 Å². The number of rotatable bonds is 4. The first kappa shape index (κ1) is 11.2. The van der Waals surface area contributed by atoms with Crippen LogP contribution in [0.1, 0.15) is 33.6 Å². The molecule has 1 heterocycles. The standard InChI is InChI=1S/C11H19NO2/c1-4-10(13)7-12-6-9(8(2)3)5-11(12)14/h8-9H,4-7H2,1-3H3. The molecule has 0 aliphatic carbocycles. The minimum atomic E-state index is 0.144. The summed E-state index contributed by atoms with van der Waals surface area (Å²) in [5.41, 5.74) is 0. The lowest BCUT2D eigenvalue weighted by Crippen LogP contribution is -2.31. The molecule has 1 rings (SSSR count). The lowest BCUT2D eigenvalue weighted by molar-refractivity contribution is -0.132. The van der Waals surface area contributed by atoms with Gasteiger partial charge in [-0.3, -0.25) is 9.59 Å². The van der Waals surface area contributed by atoms with Gasteiger partial charge in [0.1, 0.15) is 0 Å². The summed E-state index contributed by atoms with van der Waals surface area (Å²) in [6, 6.07) is 0. The van der Waals surface area contributed by atoms with Gasteiger partial charge < -0.3 is 4.90 Å². The SMILES string of the molecule is CCC(=O)CN1CC(C(C)C)CC1=O. The molecule has 1 fully saturated rings. The molecule has 1 aliphatic heterocycles. The molecule has 1 aliphatic rings. The summed E-state index contributed by atoms with van der Waals surface area (Å²) in [5, 5.41) is 0. The van der Waals surface area contributed by atoms with Crippen molar-refractivity contribution in [3.05, 3.63) is 0 Å². The number of hydrogen-bond acceptors (Lipinski definition) is 2. The minimum absolute atomic E-state index is 0.144. The predicted octanol–water partition coefficient (Wildman–Crippen LogP) is 1.47. The summed E-state index contributed by atoms with van der Waals surface area (Å²) in [5.74, 6) is 1.26. The molecule has 1 saturated heterocycles. The van der Waals surface area contributed by atoms with Crippen LogP contribution in [0.5, 0.6) is 0 Å². The Morgan fingerprint density at radius 1 is 1.57 bits per heavy atom. The molecule has 0 saturated carbocycles. The molecule has 3 heteroatoms. The van der Waals surface area contributed by atoms with Crippen molar-refractivity contribution in [1.82, 2.24) is 4.90 Å². The third-order valence-electron chi connectivity index (χ3n) is 2.95. The summed E-state index contributed by atoms with van der Waals surface area (Å²) < 4.78 is 0. The van der Waals surface area contributed by atoms with Crippen molar-refractivity contribution in [3.63, 3.8) is 0 Å². The van der Waals surface area contributed by atoms with E-state index < -0.39 is 0 Å². The van der Waals surface area contributed by atoms with Gasteiger partial charge in [0.05, 0.1) is 6.54 Å². The average molecular weight is 197 g/mol. The van der Waals surface area contributed by atoms with E-state index in [0.29, 0.717) is 31.2 Å². The van der Waals surface area contributed by atoms with Gasteiger partial charge in [0.2, 0.25) is 5.91 Å². The largest absolute Gasteiger partial charge is 0.335 e.